The normalized spacial score (nSPS) is 22.9. The predicted molar refractivity (Wildman–Crippen MR) is 118 cm³/mol. The second kappa shape index (κ2) is 6.89. The van der Waals surface area contributed by atoms with E-state index in [0.717, 1.165) is 33.7 Å². The van der Waals surface area contributed by atoms with Crippen molar-refractivity contribution in [1.82, 2.24) is 0 Å². The first-order chi connectivity index (χ1) is 14.1. The van der Waals surface area contributed by atoms with Crippen LogP contribution in [0.3, 0.4) is 0 Å². The summed E-state index contributed by atoms with van der Waals surface area (Å²) in [5.41, 5.74) is 7.02. The molecule has 2 aliphatic rings. The Balaban J connectivity index is 1.65. The number of thioether (sulfide) groups is 1. The van der Waals surface area contributed by atoms with Gasteiger partial charge in [0.25, 0.3) is 4.93 Å². The molecule has 4 heteroatoms. The number of rotatable bonds is 2. The number of carbonyl (C=O) groups is 1. The van der Waals surface area contributed by atoms with Crippen LogP contribution in [0.5, 0.6) is 0 Å². The van der Waals surface area contributed by atoms with E-state index in [1.807, 2.05) is 24.3 Å². The Morgan fingerprint density at radius 3 is 2.31 bits per heavy atom. The van der Waals surface area contributed by atoms with Crippen molar-refractivity contribution in [2.24, 2.45) is 5.16 Å². The summed E-state index contributed by atoms with van der Waals surface area (Å²) in [7, 11) is 0. The number of nitrogens with zero attached hydrogens (tertiary/aromatic N) is 1. The van der Waals surface area contributed by atoms with Crippen LogP contribution in [0, 0.1) is 13.8 Å². The van der Waals surface area contributed by atoms with Gasteiger partial charge in [-0.25, -0.2) is 0 Å². The van der Waals surface area contributed by atoms with E-state index in [1.165, 1.54) is 11.1 Å². The molecule has 0 N–H and O–H groups in total. The Morgan fingerprint density at radius 1 is 0.931 bits per heavy atom. The van der Waals surface area contributed by atoms with E-state index in [4.69, 9.17) is 4.84 Å². The van der Waals surface area contributed by atoms with Gasteiger partial charge in [0.15, 0.2) is 0 Å². The van der Waals surface area contributed by atoms with Gasteiger partial charge in [0.05, 0.1) is 5.92 Å². The third-order valence-corrected chi connectivity index (χ3v) is 7.09. The van der Waals surface area contributed by atoms with Gasteiger partial charge in [0.1, 0.15) is 5.71 Å². The fourth-order valence-electron chi connectivity index (χ4n) is 4.07. The van der Waals surface area contributed by atoms with Gasteiger partial charge >= 0.3 is 0 Å². The molecule has 3 aromatic carbocycles. The smallest absolute Gasteiger partial charge is 0.257 e. The van der Waals surface area contributed by atoms with Crippen LogP contribution in [0.2, 0.25) is 0 Å². The fourth-order valence-corrected chi connectivity index (χ4v) is 5.44. The maximum Gasteiger partial charge on any atom is 0.257 e. The minimum atomic E-state index is -1.07. The Bertz CT molecular complexity index is 1120. The summed E-state index contributed by atoms with van der Waals surface area (Å²) in [5.74, 6) is 0.457. The van der Waals surface area contributed by atoms with Crippen molar-refractivity contribution in [2.75, 3.05) is 0 Å². The van der Waals surface area contributed by atoms with E-state index in [0.29, 0.717) is 0 Å². The quantitative estimate of drug-likeness (QED) is 0.559. The summed E-state index contributed by atoms with van der Waals surface area (Å²) in [6.45, 7) is 4.13. The molecule has 0 fully saturated rings. The highest BCUT2D eigenvalue weighted by Gasteiger charge is 2.58. The third kappa shape index (κ3) is 2.90. The van der Waals surface area contributed by atoms with Gasteiger partial charge in [-0.15, -0.1) is 0 Å². The van der Waals surface area contributed by atoms with Crippen molar-refractivity contribution in [3.63, 3.8) is 0 Å². The Kier molecular flexibility index (Phi) is 4.32. The van der Waals surface area contributed by atoms with E-state index in [9.17, 15) is 4.79 Å². The number of benzene rings is 3. The number of ketones is 1. The van der Waals surface area contributed by atoms with Crippen LogP contribution in [-0.4, -0.2) is 16.4 Å². The SMILES string of the molecule is Cc1ccc(C2=NOC3(SCc4ccccc4C3=O)C2c2ccc(C)cc2)cc1. The van der Waals surface area contributed by atoms with Crippen LogP contribution in [0.15, 0.2) is 78.0 Å². The van der Waals surface area contributed by atoms with Crippen LogP contribution in [0.1, 0.15) is 44.1 Å². The van der Waals surface area contributed by atoms with Gasteiger partial charge in [0, 0.05) is 16.9 Å². The zero-order chi connectivity index (χ0) is 20.0. The van der Waals surface area contributed by atoms with Crippen LogP contribution in [-0.2, 0) is 10.6 Å². The summed E-state index contributed by atoms with van der Waals surface area (Å²) < 4.78 is 0. The van der Waals surface area contributed by atoms with Crippen molar-refractivity contribution >= 4 is 23.3 Å². The van der Waals surface area contributed by atoms with Gasteiger partial charge < -0.3 is 4.84 Å². The molecule has 3 nitrogen and oxygen atoms in total. The molecule has 0 saturated carbocycles. The molecule has 0 aromatic heterocycles. The van der Waals surface area contributed by atoms with Crippen molar-refractivity contribution in [3.05, 3.63) is 106 Å². The second-order valence-corrected chi connectivity index (χ2v) is 8.90. The van der Waals surface area contributed by atoms with E-state index in [-0.39, 0.29) is 11.7 Å². The first kappa shape index (κ1) is 18.2. The monoisotopic (exact) mass is 399 g/mol. The summed E-state index contributed by atoms with van der Waals surface area (Å²) in [6.07, 6.45) is 0. The average molecular weight is 400 g/mol. The first-order valence-corrected chi connectivity index (χ1v) is 10.7. The summed E-state index contributed by atoms with van der Waals surface area (Å²) in [4.78, 5) is 18.7. The van der Waals surface area contributed by atoms with E-state index < -0.39 is 4.93 Å². The van der Waals surface area contributed by atoms with Gasteiger partial charge in [-0.3, -0.25) is 4.79 Å². The van der Waals surface area contributed by atoms with Crippen molar-refractivity contribution in [2.45, 2.75) is 30.5 Å². The summed E-state index contributed by atoms with van der Waals surface area (Å²) in [5, 5.41) is 4.49. The number of Topliss-reactive ketones (excluding diaryl/α,β-unsaturated/α-hetero) is 1. The molecule has 0 radical (unpaired) electrons. The second-order valence-electron chi connectivity index (χ2n) is 7.72. The van der Waals surface area contributed by atoms with E-state index in [1.54, 1.807) is 11.8 Å². The highest BCUT2D eigenvalue weighted by atomic mass is 32.2. The van der Waals surface area contributed by atoms with Gasteiger partial charge in [-0.05, 0) is 25.0 Å². The maximum atomic E-state index is 13.7. The summed E-state index contributed by atoms with van der Waals surface area (Å²) in [6, 6.07) is 24.4. The molecule has 2 atom stereocenters. The largest absolute Gasteiger partial charge is 0.368 e. The molecule has 3 aromatic rings. The molecule has 29 heavy (non-hydrogen) atoms. The molecule has 0 bridgehead atoms. The lowest BCUT2D eigenvalue weighted by atomic mass is 9.81. The van der Waals surface area contributed by atoms with Crippen LogP contribution < -0.4 is 0 Å². The van der Waals surface area contributed by atoms with Crippen molar-refractivity contribution < 1.29 is 9.63 Å². The van der Waals surface area contributed by atoms with E-state index >= 15 is 0 Å². The molecule has 5 rings (SSSR count). The number of hydrogen-bond acceptors (Lipinski definition) is 4. The predicted octanol–water partition coefficient (Wildman–Crippen LogP) is 5.65. The lowest BCUT2D eigenvalue weighted by Crippen LogP contribution is -2.45. The lowest BCUT2D eigenvalue weighted by Gasteiger charge is -2.35. The molecule has 144 valence electrons. The van der Waals surface area contributed by atoms with Gasteiger partial charge in [-0.2, -0.15) is 0 Å². The third-order valence-electron chi connectivity index (χ3n) is 5.71. The number of hydrogen-bond donors (Lipinski definition) is 0. The Hall–Kier alpha value is -2.85. The van der Waals surface area contributed by atoms with Crippen molar-refractivity contribution in [3.8, 4) is 0 Å². The van der Waals surface area contributed by atoms with Crippen LogP contribution in [0.25, 0.3) is 0 Å². The molecular weight excluding hydrogens is 378 g/mol. The standard InChI is InChI=1S/C25H21NO2S/c1-16-7-11-18(12-8-16)22-23(19-13-9-17(2)10-14-19)26-28-25(22)24(27)21-6-4-3-5-20(21)15-29-25/h3-14,22H,15H2,1-2H3. The lowest BCUT2D eigenvalue weighted by molar-refractivity contribution is 0.0361. The molecule has 0 saturated heterocycles. The summed E-state index contributed by atoms with van der Waals surface area (Å²) >= 11 is 1.55. The Morgan fingerprint density at radius 2 is 1.59 bits per heavy atom. The molecule has 2 heterocycles. The molecule has 1 spiro atoms. The molecule has 2 unspecified atom stereocenters. The van der Waals surface area contributed by atoms with Crippen molar-refractivity contribution in [1.29, 1.82) is 0 Å². The molecule has 0 amide bonds. The minimum Gasteiger partial charge on any atom is -0.368 e. The highest BCUT2D eigenvalue weighted by Crippen LogP contribution is 2.52. The average Bonchev–Trinajstić information content (AvgIpc) is 3.12. The highest BCUT2D eigenvalue weighted by molar-refractivity contribution is 8.00. The fraction of sp³-hybridized carbons (Fsp3) is 0.200. The maximum absolute atomic E-state index is 13.7. The van der Waals surface area contributed by atoms with Gasteiger partial charge in [-0.1, -0.05) is 101 Å². The number of oxime groups is 1. The van der Waals surface area contributed by atoms with Crippen LogP contribution >= 0.6 is 11.8 Å². The van der Waals surface area contributed by atoms with Crippen LogP contribution in [0.4, 0.5) is 0 Å². The molecule has 2 aliphatic heterocycles. The zero-order valence-corrected chi connectivity index (χ0v) is 17.2. The first-order valence-electron chi connectivity index (χ1n) is 9.75. The zero-order valence-electron chi connectivity index (χ0n) is 16.4. The van der Waals surface area contributed by atoms with E-state index in [2.05, 4.69) is 67.5 Å². The number of carbonyl (C=O) groups excluding carboxylic acids is 1. The Labute approximate surface area is 174 Å². The molecule has 0 aliphatic carbocycles. The topological polar surface area (TPSA) is 38.7 Å². The number of aryl methyl sites for hydroxylation is 2. The molecular formula is C25H21NO2S. The van der Waals surface area contributed by atoms with Gasteiger partial charge in [0.2, 0.25) is 5.78 Å². The number of fused-ring (bicyclic) bond motifs is 1. The minimum absolute atomic E-state index is 0.000728.